The predicted octanol–water partition coefficient (Wildman–Crippen LogP) is 2.31. The first kappa shape index (κ1) is 15.4. The molecular formula is C14H19N5OS. The number of aromatic amines is 1. The standard InChI is InChI=1S/C14H19N5OS/c1-3-10(2)16-12(20)7-9-19-13(17-18-14(19)21)11-6-4-5-8-15-11/h4-6,8,10H,3,7,9H2,1-2H3,(H,16,20)(H,18,21). The van der Waals surface area contributed by atoms with Crippen molar-refractivity contribution in [2.24, 2.45) is 0 Å². The van der Waals surface area contributed by atoms with Gasteiger partial charge in [0, 0.05) is 25.2 Å². The Labute approximate surface area is 128 Å². The summed E-state index contributed by atoms with van der Waals surface area (Å²) < 4.78 is 2.29. The molecule has 2 aromatic heterocycles. The van der Waals surface area contributed by atoms with Gasteiger partial charge in [-0.05, 0) is 37.7 Å². The number of pyridine rings is 1. The summed E-state index contributed by atoms with van der Waals surface area (Å²) in [7, 11) is 0. The molecule has 0 aliphatic heterocycles. The van der Waals surface area contributed by atoms with Gasteiger partial charge >= 0.3 is 0 Å². The van der Waals surface area contributed by atoms with Crippen LogP contribution >= 0.6 is 12.2 Å². The lowest BCUT2D eigenvalue weighted by molar-refractivity contribution is -0.121. The van der Waals surface area contributed by atoms with Crippen LogP contribution < -0.4 is 5.32 Å². The molecule has 1 amide bonds. The summed E-state index contributed by atoms with van der Waals surface area (Å²) >= 11 is 5.22. The van der Waals surface area contributed by atoms with E-state index in [0.29, 0.717) is 23.6 Å². The number of H-pyrrole nitrogens is 1. The molecule has 112 valence electrons. The maximum Gasteiger partial charge on any atom is 0.222 e. The second-order valence-corrected chi connectivity index (χ2v) is 5.23. The SMILES string of the molecule is CCC(C)NC(=O)CCn1c(-c2ccccn2)n[nH]c1=S. The molecule has 1 atom stereocenters. The van der Waals surface area contributed by atoms with Gasteiger partial charge in [-0.3, -0.25) is 19.4 Å². The van der Waals surface area contributed by atoms with E-state index >= 15 is 0 Å². The van der Waals surface area contributed by atoms with Crippen molar-refractivity contribution in [1.82, 2.24) is 25.1 Å². The molecule has 2 aromatic rings. The zero-order chi connectivity index (χ0) is 15.2. The van der Waals surface area contributed by atoms with Gasteiger partial charge in [-0.1, -0.05) is 13.0 Å². The first-order valence-corrected chi connectivity index (χ1v) is 7.38. The number of nitrogens with zero attached hydrogens (tertiary/aromatic N) is 3. The molecule has 2 N–H and O–H groups in total. The number of carbonyl (C=O) groups is 1. The summed E-state index contributed by atoms with van der Waals surface area (Å²) in [6.45, 7) is 4.50. The third-order valence-corrected chi connectivity index (χ3v) is 3.55. The Morgan fingerprint density at radius 2 is 2.33 bits per heavy atom. The van der Waals surface area contributed by atoms with Crippen LogP contribution in [-0.2, 0) is 11.3 Å². The number of hydrogen-bond donors (Lipinski definition) is 2. The van der Waals surface area contributed by atoms with Crippen molar-refractivity contribution in [3.05, 3.63) is 29.2 Å². The predicted molar refractivity (Wildman–Crippen MR) is 83.2 cm³/mol. The molecule has 0 aliphatic rings. The van der Waals surface area contributed by atoms with E-state index in [9.17, 15) is 4.79 Å². The Hall–Kier alpha value is -2.02. The highest BCUT2D eigenvalue weighted by molar-refractivity contribution is 7.71. The first-order chi connectivity index (χ1) is 10.1. The molecule has 0 aliphatic carbocycles. The molecule has 21 heavy (non-hydrogen) atoms. The summed E-state index contributed by atoms with van der Waals surface area (Å²) in [5.41, 5.74) is 0.729. The highest BCUT2D eigenvalue weighted by Gasteiger charge is 2.12. The van der Waals surface area contributed by atoms with E-state index in [0.717, 1.165) is 12.1 Å². The zero-order valence-corrected chi connectivity index (χ0v) is 13.0. The van der Waals surface area contributed by atoms with Gasteiger partial charge in [0.2, 0.25) is 5.91 Å². The molecule has 6 nitrogen and oxygen atoms in total. The Morgan fingerprint density at radius 1 is 1.52 bits per heavy atom. The number of carbonyl (C=O) groups excluding carboxylic acids is 1. The summed E-state index contributed by atoms with van der Waals surface area (Å²) in [6, 6.07) is 5.78. The topological polar surface area (TPSA) is 75.6 Å². The zero-order valence-electron chi connectivity index (χ0n) is 12.2. The highest BCUT2D eigenvalue weighted by Crippen LogP contribution is 2.14. The lowest BCUT2D eigenvalue weighted by Crippen LogP contribution is -2.32. The van der Waals surface area contributed by atoms with Crippen LogP contribution in [0.2, 0.25) is 0 Å². The van der Waals surface area contributed by atoms with E-state index in [4.69, 9.17) is 12.2 Å². The van der Waals surface area contributed by atoms with Crippen LogP contribution in [0, 0.1) is 4.77 Å². The van der Waals surface area contributed by atoms with Gasteiger partial charge < -0.3 is 5.32 Å². The Bertz CT molecular complexity index is 649. The van der Waals surface area contributed by atoms with Gasteiger partial charge in [-0.15, -0.1) is 0 Å². The normalized spacial score (nSPS) is 12.1. The lowest BCUT2D eigenvalue weighted by Gasteiger charge is -2.12. The molecule has 0 radical (unpaired) electrons. The van der Waals surface area contributed by atoms with E-state index in [1.54, 1.807) is 10.8 Å². The van der Waals surface area contributed by atoms with Gasteiger partial charge in [-0.25, -0.2) is 0 Å². The van der Waals surface area contributed by atoms with Crippen molar-refractivity contribution in [2.45, 2.75) is 39.3 Å². The third-order valence-electron chi connectivity index (χ3n) is 3.23. The third kappa shape index (κ3) is 3.98. The van der Waals surface area contributed by atoms with Gasteiger partial charge in [0.05, 0.1) is 0 Å². The monoisotopic (exact) mass is 305 g/mol. The fourth-order valence-electron chi connectivity index (χ4n) is 1.88. The minimum atomic E-state index is 0.0134. The summed E-state index contributed by atoms with van der Waals surface area (Å²) in [6.07, 6.45) is 2.97. The smallest absolute Gasteiger partial charge is 0.222 e. The molecule has 0 spiro atoms. The second kappa shape index (κ2) is 7.12. The average molecular weight is 305 g/mol. The Morgan fingerprint density at radius 3 is 3.00 bits per heavy atom. The molecule has 0 saturated carbocycles. The summed E-state index contributed by atoms with van der Waals surface area (Å²) in [4.78, 5) is 16.1. The van der Waals surface area contributed by atoms with Crippen molar-refractivity contribution in [2.75, 3.05) is 0 Å². The maximum absolute atomic E-state index is 11.9. The van der Waals surface area contributed by atoms with Crippen LogP contribution in [0.25, 0.3) is 11.5 Å². The number of nitrogens with one attached hydrogen (secondary N) is 2. The van der Waals surface area contributed by atoms with Crippen LogP contribution in [0.5, 0.6) is 0 Å². The van der Waals surface area contributed by atoms with Crippen molar-refractivity contribution >= 4 is 18.1 Å². The number of rotatable bonds is 6. The van der Waals surface area contributed by atoms with Crippen molar-refractivity contribution < 1.29 is 4.79 Å². The maximum atomic E-state index is 11.9. The van der Waals surface area contributed by atoms with Crippen molar-refractivity contribution in [3.8, 4) is 11.5 Å². The minimum absolute atomic E-state index is 0.0134. The molecule has 2 heterocycles. The van der Waals surface area contributed by atoms with Crippen molar-refractivity contribution in [1.29, 1.82) is 0 Å². The second-order valence-electron chi connectivity index (χ2n) is 4.85. The number of amides is 1. The fourth-order valence-corrected chi connectivity index (χ4v) is 2.10. The van der Waals surface area contributed by atoms with Gasteiger partial charge in [-0.2, -0.15) is 5.10 Å². The van der Waals surface area contributed by atoms with Crippen LogP contribution in [0.1, 0.15) is 26.7 Å². The first-order valence-electron chi connectivity index (χ1n) is 6.97. The van der Waals surface area contributed by atoms with Gasteiger partial charge in [0.25, 0.3) is 0 Å². The average Bonchev–Trinajstić information content (AvgIpc) is 2.87. The molecule has 2 rings (SSSR count). The van der Waals surface area contributed by atoms with E-state index < -0.39 is 0 Å². The molecule has 0 bridgehead atoms. The van der Waals surface area contributed by atoms with E-state index in [1.165, 1.54) is 0 Å². The quantitative estimate of drug-likeness (QED) is 0.803. The lowest BCUT2D eigenvalue weighted by atomic mass is 10.2. The molecular weight excluding hydrogens is 286 g/mol. The molecule has 0 aromatic carbocycles. The molecule has 1 unspecified atom stereocenters. The van der Waals surface area contributed by atoms with Gasteiger partial charge in [0.1, 0.15) is 5.69 Å². The van der Waals surface area contributed by atoms with Crippen LogP contribution in [-0.4, -0.2) is 31.7 Å². The molecule has 0 fully saturated rings. The van der Waals surface area contributed by atoms with E-state index in [1.807, 2.05) is 32.0 Å². The van der Waals surface area contributed by atoms with Crippen LogP contribution in [0.15, 0.2) is 24.4 Å². The largest absolute Gasteiger partial charge is 0.354 e. The number of aromatic nitrogens is 4. The minimum Gasteiger partial charge on any atom is -0.354 e. The van der Waals surface area contributed by atoms with E-state index in [-0.39, 0.29) is 11.9 Å². The Kier molecular flexibility index (Phi) is 5.21. The Balaban J connectivity index is 2.09. The van der Waals surface area contributed by atoms with Crippen molar-refractivity contribution in [3.63, 3.8) is 0 Å². The summed E-state index contributed by atoms with van der Waals surface area (Å²) in [5, 5.41) is 9.89. The summed E-state index contributed by atoms with van der Waals surface area (Å²) in [5.74, 6) is 0.663. The molecule has 0 saturated heterocycles. The van der Waals surface area contributed by atoms with Crippen LogP contribution in [0.3, 0.4) is 0 Å². The van der Waals surface area contributed by atoms with E-state index in [2.05, 4.69) is 20.5 Å². The van der Waals surface area contributed by atoms with Gasteiger partial charge in [0.15, 0.2) is 10.6 Å². The fraction of sp³-hybridized carbons (Fsp3) is 0.429. The van der Waals surface area contributed by atoms with Crippen LogP contribution in [0.4, 0.5) is 0 Å². The highest BCUT2D eigenvalue weighted by atomic mass is 32.1. The number of hydrogen-bond acceptors (Lipinski definition) is 4. The molecule has 7 heteroatoms.